The van der Waals surface area contributed by atoms with Gasteiger partial charge >= 0.3 is 5.97 Å². The fourth-order valence-electron chi connectivity index (χ4n) is 3.77. The number of para-hydroxylation sites is 1. The Hall–Kier alpha value is -2.83. The van der Waals surface area contributed by atoms with E-state index in [4.69, 9.17) is 4.74 Å². The highest BCUT2D eigenvalue weighted by Crippen LogP contribution is 2.19. The summed E-state index contributed by atoms with van der Waals surface area (Å²) in [5.41, 5.74) is 1.87. The van der Waals surface area contributed by atoms with E-state index in [2.05, 4.69) is 22.5 Å². The minimum absolute atomic E-state index is 0.146. The number of methoxy groups -OCH3 is 1. The lowest BCUT2D eigenvalue weighted by Crippen LogP contribution is -2.51. The number of benzene rings is 1. The van der Waals surface area contributed by atoms with Crippen molar-refractivity contribution in [3.05, 3.63) is 36.0 Å². The number of nitrogens with one attached hydrogen (secondary N) is 3. The van der Waals surface area contributed by atoms with Crippen LogP contribution in [0, 0.1) is 0 Å². The number of aromatic amines is 1. The van der Waals surface area contributed by atoms with Crippen molar-refractivity contribution in [2.45, 2.75) is 83.7 Å². The molecule has 7 nitrogen and oxygen atoms in total. The van der Waals surface area contributed by atoms with Gasteiger partial charge in [-0.05, 0) is 25.0 Å². The van der Waals surface area contributed by atoms with Gasteiger partial charge in [-0.15, -0.1) is 0 Å². The summed E-state index contributed by atoms with van der Waals surface area (Å²) >= 11 is 0. The number of H-pyrrole nitrogens is 1. The number of esters is 1. The van der Waals surface area contributed by atoms with E-state index < -0.39 is 24.0 Å². The van der Waals surface area contributed by atoms with Crippen molar-refractivity contribution in [3.8, 4) is 0 Å². The number of hydrogen-bond acceptors (Lipinski definition) is 4. The van der Waals surface area contributed by atoms with Crippen LogP contribution in [0.15, 0.2) is 30.5 Å². The fourth-order valence-corrected chi connectivity index (χ4v) is 3.77. The van der Waals surface area contributed by atoms with Gasteiger partial charge in [-0.1, -0.05) is 63.6 Å². The van der Waals surface area contributed by atoms with Crippen LogP contribution < -0.4 is 10.6 Å². The van der Waals surface area contributed by atoms with Gasteiger partial charge in [-0.3, -0.25) is 9.59 Å². The minimum atomic E-state index is -0.839. The number of aromatic nitrogens is 1. The van der Waals surface area contributed by atoms with Gasteiger partial charge in [0.15, 0.2) is 0 Å². The molecule has 0 aliphatic rings. The van der Waals surface area contributed by atoms with Crippen LogP contribution >= 0.6 is 0 Å². The van der Waals surface area contributed by atoms with Crippen LogP contribution in [0.4, 0.5) is 0 Å². The van der Waals surface area contributed by atoms with E-state index in [-0.39, 0.29) is 5.91 Å². The Labute approximate surface area is 190 Å². The quantitative estimate of drug-likeness (QED) is 0.303. The normalized spacial score (nSPS) is 12.8. The molecule has 0 aliphatic heterocycles. The molecule has 0 fully saturated rings. The van der Waals surface area contributed by atoms with Gasteiger partial charge in [-0.2, -0.15) is 0 Å². The molecule has 2 atom stereocenters. The summed E-state index contributed by atoms with van der Waals surface area (Å²) in [7, 11) is 1.30. The van der Waals surface area contributed by atoms with Gasteiger partial charge in [0.2, 0.25) is 11.8 Å². The Kier molecular flexibility index (Phi) is 10.8. The molecule has 0 bridgehead atoms. The van der Waals surface area contributed by atoms with Gasteiger partial charge < -0.3 is 20.4 Å². The Morgan fingerprint density at radius 3 is 2.41 bits per heavy atom. The molecule has 2 aromatic rings. The van der Waals surface area contributed by atoms with E-state index in [0.29, 0.717) is 12.8 Å². The molecule has 0 saturated carbocycles. The fraction of sp³-hybridized carbons (Fsp3) is 0.560. The first-order valence-corrected chi connectivity index (χ1v) is 11.7. The van der Waals surface area contributed by atoms with E-state index in [1.54, 1.807) is 6.92 Å². The molecular weight excluding hydrogens is 406 g/mol. The van der Waals surface area contributed by atoms with Crippen molar-refractivity contribution in [1.29, 1.82) is 0 Å². The summed E-state index contributed by atoms with van der Waals surface area (Å²) in [4.78, 5) is 40.3. The minimum Gasteiger partial charge on any atom is -0.467 e. The number of carbonyl (C=O) groups is 3. The van der Waals surface area contributed by atoms with Crippen LogP contribution in [0.25, 0.3) is 10.9 Å². The summed E-state index contributed by atoms with van der Waals surface area (Å²) in [6, 6.07) is 6.20. The standard InChI is InChI=1S/C25H37N3O4/c1-4-5-6-7-8-9-10-15-23(29)27-18(2)24(30)28-22(25(31)32-3)16-19-17-26-21-14-12-11-13-20(19)21/h11-14,17-18,22,26H,4-10,15-16H2,1-3H3,(H,27,29)(H,28,30)/t18-,22-/m0/s1. The molecule has 1 aromatic heterocycles. The highest BCUT2D eigenvalue weighted by Gasteiger charge is 2.26. The highest BCUT2D eigenvalue weighted by molar-refractivity contribution is 5.91. The summed E-state index contributed by atoms with van der Waals surface area (Å²) in [5.74, 6) is -1.08. The lowest BCUT2D eigenvalue weighted by molar-refractivity contribution is -0.145. The van der Waals surface area contributed by atoms with Gasteiger partial charge in [0.1, 0.15) is 12.1 Å². The van der Waals surface area contributed by atoms with Gasteiger partial charge in [-0.25, -0.2) is 4.79 Å². The number of fused-ring (bicyclic) bond motifs is 1. The smallest absolute Gasteiger partial charge is 0.328 e. The van der Waals surface area contributed by atoms with E-state index in [9.17, 15) is 14.4 Å². The topological polar surface area (TPSA) is 100 Å². The van der Waals surface area contributed by atoms with Crippen LogP contribution in [0.5, 0.6) is 0 Å². The largest absolute Gasteiger partial charge is 0.467 e. The summed E-state index contributed by atoms with van der Waals surface area (Å²) in [5, 5.41) is 6.45. The summed E-state index contributed by atoms with van der Waals surface area (Å²) < 4.78 is 4.88. The lowest BCUT2D eigenvalue weighted by atomic mass is 10.0. The monoisotopic (exact) mass is 443 g/mol. The van der Waals surface area contributed by atoms with Crippen LogP contribution in [0.1, 0.15) is 70.8 Å². The van der Waals surface area contributed by atoms with E-state index >= 15 is 0 Å². The van der Waals surface area contributed by atoms with Crippen LogP contribution in [-0.4, -0.2) is 42.0 Å². The Morgan fingerprint density at radius 1 is 1.00 bits per heavy atom. The molecule has 0 radical (unpaired) electrons. The zero-order valence-electron chi connectivity index (χ0n) is 19.5. The van der Waals surface area contributed by atoms with Crippen LogP contribution in [0.3, 0.4) is 0 Å². The van der Waals surface area contributed by atoms with Crippen LogP contribution in [0.2, 0.25) is 0 Å². The van der Waals surface area contributed by atoms with E-state index in [1.165, 1.54) is 32.8 Å². The van der Waals surface area contributed by atoms with E-state index in [0.717, 1.165) is 35.7 Å². The first-order chi connectivity index (χ1) is 15.5. The maximum Gasteiger partial charge on any atom is 0.328 e. The molecule has 1 aromatic carbocycles. The highest BCUT2D eigenvalue weighted by atomic mass is 16.5. The molecular formula is C25H37N3O4. The SMILES string of the molecule is CCCCCCCCCC(=O)N[C@@H](C)C(=O)N[C@@H](Cc1c[nH]c2ccccc12)C(=O)OC. The second-order valence-corrected chi connectivity index (χ2v) is 8.31. The molecule has 176 valence electrons. The molecule has 32 heavy (non-hydrogen) atoms. The lowest BCUT2D eigenvalue weighted by Gasteiger charge is -2.20. The van der Waals surface area contributed by atoms with Gasteiger partial charge in [0.25, 0.3) is 0 Å². The van der Waals surface area contributed by atoms with Crippen molar-refractivity contribution in [2.75, 3.05) is 7.11 Å². The van der Waals surface area contributed by atoms with Gasteiger partial charge in [0, 0.05) is 29.9 Å². The molecule has 0 unspecified atom stereocenters. The number of ether oxygens (including phenoxy) is 1. The predicted octanol–water partition coefficient (Wildman–Crippen LogP) is 4.01. The molecule has 0 saturated heterocycles. The average molecular weight is 444 g/mol. The number of carbonyl (C=O) groups excluding carboxylic acids is 3. The second kappa shape index (κ2) is 13.6. The Balaban J connectivity index is 1.82. The van der Waals surface area contributed by atoms with Crippen molar-refractivity contribution in [1.82, 2.24) is 15.6 Å². The third-order valence-electron chi connectivity index (χ3n) is 5.68. The number of hydrogen-bond donors (Lipinski definition) is 3. The average Bonchev–Trinajstić information content (AvgIpc) is 3.20. The third kappa shape index (κ3) is 8.02. The van der Waals surface area contributed by atoms with Gasteiger partial charge in [0.05, 0.1) is 7.11 Å². The van der Waals surface area contributed by atoms with Crippen molar-refractivity contribution >= 4 is 28.7 Å². The summed E-state index contributed by atoms with van der Waals surface area (Å²) in [6.07, 6.45) is 10.4. The molecule has 1 heterocycles. The number of amides is 2. The first-order valence-electron chi connectivity index (χ1n) is 11.7. The molecule has 7 heteroatoms. The maximum atomic E-state index is 12.6. The zero-order valence-corrected chi connectivity index (χ0v) is 19.5. The van der Waals surface area contributed by atoms with E-state index in [1.807, 2.05) is 30.5 Å². The molecule has 0 spiro atoms. The van der Waals surface area contributed by atoms with Crippen molar-refractivity contribution in [3.63, 3.8) is 0 Å². The first kappa shape index (κ1) is 25.4. The Morgan fingerprint density at radius 2 is 1.69 bits per heavy atom. The molecule has 2 amide bonds. The zero-order chi connectivity index (χ0) is 23.3. The van der Waals surface area contributed by atoms with Crippen LogP contribution in [-0.2, 0) is 25.5 Å². The Bertz CT molecular complexity index is 877. The van der Waals surface area contributed by atoms with Crippen molar-refractivity contribution < 1.29 is 19.1 Å². The molecule has 2 rings (SSSR count). The number of unbranched alkanes of at least 4 members (excludes halogenated alkanes) is 6. The number of rotatable bonds is 14. The maximum absolute atomic E-state index is 12.6. The second-order valence-electron chi connectivity index (χ2n) is 8.31. The summed E-state index contributed by atoms with van der Waals surface area (Å²) in [6.45, 7) is 3.81. The molecule has 0 aliphatic carbocycles. The third-order valence-corrected chi connectivity index (χ3v) is 5.68. The predicted molar refractivity (Wildman–Crippen MR) is 126 cm³/mol. The molecule has 3 N–H and O–H groups in total. The van der Waals surface area contributed by atoms with Crippen molar-refractivity contribution in [2.24, 2.45) is 0 Å².